The van der Waals surface area contributed by atoms with Gasteiger partial charge in [-0.1, -0.05) is 0 Å². The average molecular weight is 308 g/mol. The molecule has 0 spiro atoms. The van der Waals surface area contributed by atoms with Gasteiger partial charge in [0.2, 0.25) is 0 Å². The molecule has 0 saturated heterocycles. The first-order valence-electron chi connectivity index (χ1n) is 7.82. The summed E-state index contributed by atoms with van der Waals surface area (Å²) in [4.78, 5) is 13.8. The van der Waals surface area contributed by atoms with Crippen LogP contribution in [0.1, 0.15) is 32.1 Å². The maximum absolute atomic E-state index is 14.0. The minimum atomic E-state index is -0.468. The second-order valence-electron chi connectivity index (χ2n) is 5.89. The number of nitrogens with zero attached hydrogens (tertiary/aromatic N) is 1. The van der Waals surface area contributed by atoms with Crippen LogP contribution in [-0.2, 0) is 0 Å². The Morgan fingerprint density at radius 1 is 1.36 bits per heavy atom. The van der Waals surface area contributed by atoms with Gasteiger partial charge < -0.3 is 20.1 Å². The summed E-state index contributed by atoms with van der Waals surface area (Å²) in [5, 5.41) is 11.7. The van der Waals surface area contributed by atoms with Crippen molar-refractivity contribution in [2.75, 3.05) is 18.5 Å². The summed E-state index contributed by atoms with van der Waals surface area (Å²) in [5.41, 5.74) is 0.395. The van der Waals surface area contributed by atoms with E-state index in [0.29, 0.717) is 12.2 Å². The molecule has 1 aromatic carbocycles. The van der Waals surface area contributed by atoms with Crippen molar-refractivity contribution in [3.05, 3.63) is 24.0 Å². The third kappa shape index (κ3) is 3.50. The summed E-state index contributed by atoms with van der Waals surface area (Å²) < 4.78 is 19.6. The number of carbonyl (C=O) groups excluding carboxylic acids is 1. The number of nitrogens with one attached hydrogen (secondary N) is 1. The van der Waals surface area contributed by atoms with E-state index in [0.717, 1.165) is 32.1 Å². The lowest BCUT2D eigenvalue weighted by atomic mass is 9.96. The van der Waals surface area contributed by atoms with Crippen LogP contribution >= 0.6 is 0 Å². The summed E-state index contributed by atoms with van der Waals surface area (Å²) in [6, 6.07) is 4.35. The SMILES string of the molecule is O=C(Nc1ccc(OC2CCC2)c(F)c1)N(CCO)C1CC1. The van der Waals surface area contributed by atoms with E-state index in [4.69, 9.17) is 9.84 Å². The van der Waals surface area contributed by atoms with E-state index in [2.05, 4.69) is 5.32 Å². The molecule has 3 rings (SSSR count). The fourth-order valence-corrected chi connectivity index (χ4v) is 2.48. The Kier molecular flexibility index (Phi) is 4.47. The van der Waals surface area contributed by atoms with Gasteiger partial charge in [-0.05, 0) is 44.2 Å². The van der Waals surface area contributed by atoms with Crippen molar-refractivity contribution in [1.29, 1.82) is 0 Å². The van der Waals surface area contributed by atoms with Gasteiger partial charge in [-0.25, -0.2) is 9.18 Å². The van der Waals surface area contributed by atoms with Crippen molar-refractivity contribution < 1.29 is 19.0 Å². The van der Waals surface area contributed by atoms with Gasteiger partial charge in [0.15, 0.2) is 11.6 Å². The van der Waals surface area contributed by atoms with E-state index >= 15 is 0 Å². The van der Waals surface area contributed by atoms with E-state index in [1.165, 1.54) is 6.07 Å². The van der Waals surface area contributed by atoms with Crippen molar-refractivity contribution in [1.82, 2.24) is 4.90 Å². The smallest absolute Gasteiger partial charge is 0.322 e. The third-order valence-electron chi connectivity index (χ3n) is 4.12. The average Bonchev–Trinajstić information content (AvgIpc) is 3.26. The normalized spacial score (nSPS) is 17.7. The van der Waals surface area contributed by atoms with Crippen molar-refractivity contribution in [3.8, 4) is 5.75 Å². The number of rotatable bonds is 6. The number of aliphatic hydroxyl groups is 1. The van der Waals surface area contributed by atoms with Crippen molar-refractivity contribution in [3.63, 3.8) is 0 Å². The van der Waals surface area contributed by atoms with Gasteiger partial charge in [-0.2, -0.15) is 0 Å². The molecular formula is C16H21FN2O3. The molecule has 2 amide bonds. The summed E-state index contributed by atoms with van der Waals surface area (Å²) in [6.07, 6.45) is 5.09. The molecule has 0 aliphatic heterocycles. The van der Waals surface area contributed by atoms with Gasteiger partial charge in [0.1, 0.15) is 0 Å². The van der Waals surface area contributed by atoms with E-state index in [9.17, 15) is 9.18 Å². The maximum Gasteiger partial charge on any atom is 0.322 e. The molecule has 0 unspecified atom stereocenters. The van der Waals surface area contributed by atoms with Gasteiger partial charge in [0.25, 0.3) is 0 Å². The monoisotopic (exact) mass is 308 g/mol. The molecule has 2 N–H and O–H groups in total. The second kappa shape index (κ2) is 6.52. The zero-order valence-corrected chi connectivity index (χ0v) is 12.4. The van der Waals surface area contributed by atoms with Crippen LogP contribution in [0, 0.1) is 5.82 Å². The molecule has 0 radical (unpaired) electrons. The fraction of sp³-hybridized carbons (Fsp3) is 0.562. The first kappa shape index (κ1) is 15.1. The Bertz CT molecular complexity index is 544. The van der Waals surface area contributed by atoms with E-state index in [1.54, 1.807) is 17.0 Å². The summed E-state index contributed by atoms with van der Waals surface area (Å²) in [7, 11) is 0. The third-order valence-corrected chi connectivity index (χ3v) is 4.12. The van der Waals surface area contributed by atoms with Gasteiger partial charge in [-0.15, -0.1) is 0 Å². The fourth-order valence-electron chi connectivity index (χ4n) is 2.48. The Balaban J connectivity index is 1.61. The highest BCUT2D eigenvalue weighted by molar-refractivity contribution is 5.89. The Hall–Kier alpha value is -1.82. The van der Waals surface area contributed by atoms with Gasteiger partial charge in [0, 0.05) is 24.3 Å². The topological polar surface area (TPSA) is 61.8 Å². The Morgan fingerprint density at radius 2 is 2.14 bits per heavy atom. The van der Waals surface area contributed by atoms with Gasteiger partial charge >= 0.3 is 6.03 Å². The summed E-state index contributed by atoms with van der Waals surface area (Å²) in [6.45, 7) is 0.217. The first-order valence-corrected chi connectivity index (χ1v) is 7.82. The largest absolute Gasteiger partial charge is 0.487 e. The van der Waals surface area contributed by atoms with Crippen LogP contribution in [-0.4, -0.2) is 41.3 Å². The molecule has 22 heavy (non-hydrogen) atoms. The lowest BCUT2D eigenvalue weighted by molar-refractivity contribution is 0.115. The first-order chi connectivity index (χ1) is 10.7. The molecule has 0 atom stereocenters. The van der Waals surface area contributed by atoms with Crippen LogP contribution in [0.2, 0.25) is 0 Å². The summed E-state index contributed by atoms with van der Waals surface area (Å²) >= 11 is 0. The molecule has 2 fully saturated rings. The van der Waals surface area contributed by atoms with Crippen LogP contribution in [0.3, 0.4) is 0 Å². The molecule has 120 valence electrons. The van der Waals surface area contributed by atoms with E-state index < -0.39 is 5.82 Å². The molecule has 2 aliphatic rings. The number of benzene rings is 1. The van der Waals surface area contributed by atoms with Crippen LogP contribution in [0.4, 0.5) is 14.9 Å². The number of halogens is 1. The van der Waals surface area contributed by atoms with Crippen LogP contribution < -0.4 is 10.1 Å². The van der Waals surface area contributed by atoms with Crippen LogP contribution in [0.15, 0.2) is 18.2 Å². The highest BCUT2D eigenvalue weighted by Crippen LogP contribution is 2.30. The molecule has 2 aliphatic carbocycles. The Labute approximate surface area is 129 Å². The predicted octanol–water partition coefficient (Wildman–Crippen LogP) is 2.75. The minimum absolute atomic E-state index is 0.0769. The maximum atomic E-state index is 14.0. The molecule has 5 nitrogen and oxygen atoms in total. The summed E-state index contributed by atoms with van der Waals surface area (Å²) in [5.74, 6) is -0.234. The van der Waals surface area contributed by atoms with Crippen LogP contribution in [0.25, 0.3) is 0 Å². The quantitative estimate of drug-likeness (QED) is 0.849. The number of anilines is 1. The lowest BCUT2D eigenvalue weighted by Crippen LogP contribution is -2.38. The molecule has 0 heterocycles. The van der Waals surface area contributed by atoms with Crippen molar-refractivity contribution in [2.24, 2.45) is 0 Å². The number of hydrogen-bond donors (Lipinski definition) is 2. The Morgan fingerprint density at radius 3 is 2.68 bits per heavy atom. The molecular weight excluding hydrogens is 287 g/mol. The van der Waals surface area contributed by atoms with E-state index in [-0.39, 0.29) is 30.5 Å². The highest BCUT2D eigenvalue weighted by Gasteiger charge is 2.32. The molecule has 1 aromatic rings. The number of ether oxygens (including phenoxy) is 1. The van der Waals surface area contributed by atoms with Gasteiger partial charge in [-0.3, -0.25) is 0 Å². The minimum Gasteiger partial charge on any atom is -0.487 e. The van der Waals surface area contributed by atoms with Crippen LogP contribution in [0.5, 0.6) is 5.75 Å². The number of amides is 2. The van der Waals surface area contributed by atoms with Gasteiger partial charge in [0.05, 0.1) is 12.7 Å². The van der Waals surface area contributed by atoms with E-state index in [1.807, 2.05) is 0 Å². The molecule has 0 bridgehead atoms. The second-order valence-corrected chi connectivity index (χ2v) is 5.89. The molecule has 6 heteroatoms. The van der Waals surface area contributed by atoms with Crippen molar-refractivity contribution >= 4 is 11.7 Å². The zero-order valence-electron chi connectivity index (χ0n) is 12.4. The predicted molar refractivity (Wildman–Crippen MR) is 80.5 cm³/mol. The van der Waals surface area contributed by atoms with Crippen molar-refractivity contribution in [2.45, 2.75) is 44.2 Å². The highest BCUT2D eigenvalue weighted by atomic mass is 19.1. The molecule has 2 saturated carbocycles. The molecule has 0 aromatic heterocycles. The standard InChI is InChI=1S/C16H21FN2O3/c17-14-10-11(4-7-15(14)22-13-2-1-3-13)18-16(21)19(8-9-20)12-5-6-12/h4,7,10,12-13,20H,1-3,5-6,8-9H2,(H,18,21). The number of urea groups is 1. The number of carbonyl (C=O) groups is 1. The number of aliphatic hydroxyl groups excluding tert-OH is 1. The number of hydrogen-bond acceptors (Lipinski definition) is 3. The lowest BCUT2D eigenvalue weighted by Gasteiger charge is -2.26. The zero-order chi connectivity index (χ0) is 15.5.